The molecule has 5 rings (SSSR count). The van der Waals surface area contributed by atoms with Gasteiger partial charge in [0.25, 0.3) is 0 Å². The number of hydrazone groups is 1. The van der Waals surface area contributed by atoms with E-state index in [0.717, 1.165) is 29.0 Å². The van der Waals surface area contributed by atoms with Crippen LogP contribution in [0.4, 0.5) is 0 Å². The van der Waals surface area contributed by atoms with Crippen molar-refractivity contribution in [1.29, 1.82) is 0 Å². The maximum Gasteiger partial charge on any atom is 0.211 e. The van der Waals surface area contributed by atoms with Gasteiger partial charge in [-0.15, -0.1) is 0 Å². The summed E-state index contributed by atoms with van der Waals surface area (Å²) in [6, 6.07) is 14.1. The molecule has 2 aromatic rings. The molecule has 1 saturated heterocycles. The van der Waals surface area contributed by atoms with E-state index in [9.17, 15) is 8.42 Å². The summed E-state index contributed by atoms with van der Waals surface area (Å²) < 4.78 is 32.1. The molecule has 158 valence electrons. The van der Waals surface area contributed by atoms with Crippen molar-refractivity contribution in [2.24, 2.45) is 5.10 Å². The number of piperidine rings is 1. The number of halogens is 1. The average molecular weight is 446 g/mol. The van der Waals surface area contributed by atoms with Crippen molar-refractivity contribution in [3.05, 3.63) is 64.2 Å². The van der Waals surface area contributed by atoms with Gasteiger partial charge in [-0.1, -0.05) is 41.4 Å². The zero-order valence-electron chi connectivity index (χ0n) is 17.0. The molecule has 2 aromatic carbocycles. The highest BCUT2D eigenvalue weighted by Crippen LogP contribution is 2.50. The van der Waals surface area contributed by atoms with Gasteiger partial charge in [0.2, 0.25) is 15.7 Å². The predicted octanol–water partition coefficient (Wildman–Crippen LogP) is 3.94. The molecule has 0 aromatic heterocycles. The van der Waals surface area contributed by atoms with Crippen LogP contribution >= 0.6 is 11.6 Å². The summed E-state index contributed by atoms with van der Waals surface area (Å²) in [4.78, 5) is 0. The van der Waals surface area contributed by atoms with Gasteiger partial charge in [0, 0.05) is 42.9 Å². The van der Waals surface area contributed by atoms with E-state index in [1.165, 1.54) is 16.1 Å². The van der Waals surface area contributed by atoms with E-state index in [4.69, 9.17) is 21.4 Å². The first kappa shape index (κ1) is 19.8. The van der Waals surface area contributed by atoms with E-state index in [0.29, 0.717) is 31.0 Å². The molecule has 0 amide bonds. The lowest BCUT2D eigenvalue weighted by Crippen LogP contribution is -2.59. The van der Waals surface area contributed by atoms with E-state index >= 15 is 0 Å². The van der Waals surface area contributed by atoms with Crippen molar-refractivity contribution in [3.63, 3.8) is 0 Å². The van der Waals surface area contributed by atoms with Gasteiger partial charge in [0.05, 0.1) is 18.0 Å². The maximum absolute atomic E-state index is 12.0. The van der Waals surface area contributed by atoms with Crippen molar-refractivity contribution >= 4 is 27.3 Å². The topological polar surface area (TPSA) is 62.2 Å². The number of rotatable bonds is 2. The van der Waals surface area contributed by atoms with Crippen LogP contribution in [-0.4, -0.2) is 48.5 Å². The van der Waals surface area contributed by atoms with Crippen LogP contribution in [0.3, 0.4) is 0 Å². The van der Waals surface area contributed by atoms with Gasteiger partial charge in [-0.2, -0.15) is 5.10 Å². The zero-order valence-corrected chi connectivity index (χ0v) is 18.6. The second-order valence-corrected chi connectivity index (χ2v) is 10.8. The number of aryl methyl sites for hydroxylation is 1. The SMILES string of the molecule is Cc1ccc2c(c1)[C@@H]1CC(c3ccc(Cl)cc3)=NN1C1(CCN(S(C)(=O)=O)CC1)O2. The van der Waals surface area contributed by atoms with Gasteiger partial charge in [-0.05, 0) is 30.7 Å². The Bertz CT molecular complexity index is 1120. The Kier molecular flexibility index (Phi) is 4.61. The molecule has 0 radical (unpaired) electrons. The molecule has 0 bridgehead atoms. The van der Waals surface area contributed by atoms with Crippen LogP contribution in [0, 0.1) is 6.92 Å². The molecule has 1 fully saturated rings. The largest absolute Gasteiger partial charge is 0.466 e. The van der Waals surface area contributed by atoms with Gasteiger partial charge in [0.15, 0.2) is 0 Å². The summed E-state index contributed by atoms with van der Waals surface area (Å²) in [7, 11) is -3.22. The molecule has 3 heterocycles. The van der Waals surface area contributed by atoms with Crippen LogP contribution in [-0.2, 0) is 10.0 Å². The van der Waals surface area contributed by atoms with Crippen molar-refractivity contribution in [1.82, 2.24) is 9.31 Å². The van der Waals surface area contributed by atoms with Crippen LogP contribution in [0.1, 0.15) is 42.0 Å². The molecule has 3 aliphatic heterocycles. The highest BCUT2D eigenvalue weighted by Gasteiger charge is 2.52. The van der Waals surface area contributed by atoms with E-state index in [-0.39, 0.29) is 6.04 Å². The quantitative estimate of drug-likeness (QED) is 0.702. The lowest BCUT2D eigenvalue weighted by molar-refractivity contribution is -0.143. The first-order valence-corrected chi connectivity index (χ1v) is 12.4. The third-order valence-corrected chi connectivity index (χ3v) is 7.86. The lowest BCUT2D eigenvalue weighted by Gasteiger charge is -2.50. The molecule has 6 nitrogen and oxygen atoms in total. The number of sulfonamides is 1. The monoisotopic (exact) mass is 445 g/mol. The molecule has 0 unspecified atom stereocenters. The van der Waals surface area contributed by atoms with Gasteiger partial charge < -0.3 is 4.74 Å². The second kappa shape index (κ2) is 6.97. The maximum atomic E-state index is 12.0. The number of ether oxygens (including phenoxy) is 1. The number of hydrogen-bond donors (Lipinski definition) is 0. The van der Waals surface area contributed by atoms with Crippen molar-refractivity contribution in [2.75, 3.05) is 19.3 Å². The van der Waals surface area contributed by atoms with E-state index < -0.39 is 15.7 Å². The van der Waals surface area contributed by atoms with Crippen molar-refractivity contribution in [2.45, 2.75) is 38.0 Å². The lowest BCUT2D eigenvalue weighted by atomic mass is 9.90. The van der Waals surface area contributed by atoms with Gasteiger partial charge in [0.1, 0.15) is 5.75 Å². The van der Waals surface area contributed by atoms with Gasteiger partial charge in [-0.25, -0.2) is 17.7 Å². The molecular formula is C22H24ClN3O3S. The van der Waals surface area contributed by atoms with Crippen molar-refractivity contribution < 1.29 is 13.2 Å². The highest BCUT2D eigenvalue weighted by atomic mass is 35.5. The van der Waals surface area contributed by atoms with Gasteiger partial charge in [-0.3, -0.25) is 0 Å². The van der Waals surface area contributed by atoms with Crippen LogP contribution in [0.5, 0.6) is 5.75 Å². The Balaban J connectivity index is 1.55. The van der Waals surface area contributed by atoms with Crippen LogP contribution in [0.25, 0.3) is 0 Å². The Morgan fingerprint density at radius 2 is 1.83 bits per heavy atom. The molecule has 0 saturated carbocycles. The third-order valence-electron chi connectivity index (χ3n) is 6.30. The normalized spacial score (nSPS) is 23.0. The molecule has 3 aliphatic rings. The smallest absolute Gasteiger partial charge is 0.211 e. The fraction of sp³-hybridized carbons (Fsp3) is 0.409. The Morgan fingerprint density at radius 1 is 1.13 bits per heavy atom. The first-order valence-electron chi connectivity index (χ1n) is 10.1. The molecule has 1 atom stereocenters. The summed E-state index contributed by atoms with van der Waals surface area (Å²) >= 11 is 6.07. The van der Waals surface area contributed by atoms with Crippen LogP contribution < -0.4 is 4.74 Å². The number of nitrogens with zero attached hydrogens (tertiary/aromatic N) is 3. The standard InChI is InChI=1S/C22H24ClN3O3S/c1-15-3-8-21-18(13-15)20-14-19(16-4-6-17(23)7-5-16)24-26(20)22(29-21)9-11-25(12-10-22)30(2,27)28/h3-8,13,20H,9-12,14H2,1-2H3/t20-/m0/s1. The molecule has 8 heteroatoms. The Labute approximate surface area is 182 Å². The predicted molar refractivity (Wildman–Crippen MR) is 117 cm³/mol. The first-order chi connectivity index (χ1) is 14.2. The molecule has 1 spiro atoms. The van der Waals surface area contributed by atoms with Crippen LogP contribution in [0.15, 0.2) is 47.6 Å². The summed E-state index contributed by atoms with van der Waals surface area (Å²) in [5.74, 6) is 0.877. The van der Waals surface area contributed by atoms with E-state index in [2.05, 4.69) is 24.1 Å². The van der Waals surface area contributed by atoms with E-state index in [1.54, 1.807) is 0 Å². The summed E-state index contributed by atoms with van der Waals surface area (Å²) in [6.45, 7) is 2.93. The summed E-state index contributed by atoms with van der Waals surface area (Å²) in [5, 5.41) is 7.81. The fourth-order valence-corrected chi connectivity index (χ4v) is 5.69. The van der Waals surface area contributed by atoms with Crippen LogP contribution in [0.2, 0.25) is 5.02 Å². The molecule has 0 aliphatic carbocycles. The third kappa shape index (κ3) is 3.29. The highest BCUT2D eigenvalue weighted by molar-refractivity contribution is 7.88. The summed E-state index contributed by atoms with van der Waals surface area (Å²) in [6.07, 6.45) is 3.18. The molecular weight excluding hydrogens is 422 g/mol. The van der Waals surface area contributed by atoms with Crippen molar-refractivity contribution in [3.8, 4) is 5.75 Å². The zero-order chi connectivity index (χ0) is 21.1. The Morgan fingerprint density at radius 3 is 2.50 bits per heavy atom. The summed E-state index contributed by atoms with van der Waals surface area (Å²) in [5.41, 5.74) is 3.73. The number of benzene rings is 2. The van der Waals surface area contributed by atoms with Gasteiger partial charge >= 0.3 is 0 Å². The molecule has 30 heavy (non-hydrogen) atoms. The number of fused-ring (bicyclic) bond motifs is 4. The second-order valence-electron chi connectivity index (χ2n) is 8.37. The van der Waals surface area contributed by atoms with E-state index in [1.807, 2.05) is 30.3 Å². The minimum Gasteiger partial charge on any atom is -0.466 e. The molecule has 0 N–H and O–H groups in total. The minimum atomic E-state index is -3.22. The average Bonchev–Trinajstić information content (AvgIpc) is 3.16. The Hall–Kier alpha value is -2.09. The minimum absolute atomic E-state index is 0.0733. The number of hydrogen-bond acceptors (Lipinski definition) is 5. The fourth-order valence-electron chi connectivity index (χ4n) is 4.72.